The molecule has 1 saturated heterocycles. The monoisotopic (exact) mass is 247 g/mol. The van der Waals surface area contributed by atoms with Gasteiger partial charge in [0.05, 0.1) is 0 Å². The van der Waals surface area contributed by atoms with Crippen molar-refractivity contribution < 1.29 is 9.13 Å². The zero-order valence-corrected chi connectivity index (χ0v) is 9.18. The number of H-pyrrole nitrogens is 1. The van der Waals surface area contributed by atoms with E-state index in [0.717, 1.165) is 12.8 Å². The summed E-state index contributed by atoms with van der Waals surface area (Å²) < 4.78 is 18.5. The van der Waals surface area contributed by atoms with Gasteiger partial charge in [-0.2, -0.15) is 9.37 Å². The molecule has 1 aliphatic rings. The van der Waals surface area contributed by atoms with Crippen molar-refractivity contribution in [3.05, 3.63) is 21.5 Å². The van der Waals surface area contributed by atoms with Gasteiger partial charge < -0.3 is 10.1 Å². The molecule has 0 aliphatic carbocycles. The lowest BCUT2D eigenvalue weighted by atomic mass is 10.1. The van der Waals surface area contributed by atoms with E-state index in [1.807, 2.05) is 0 Å². The molecule has 2 heterocycles. The van der Waals surface area contributed by atoms with Crippen LogP contribution in [0.1, 0.15) is 12.8 Å². The maximum absolute atomic E-state index is 13.4. The third-order valence-corrected chi connectivity index (χ3v) is 2.58. The molecule has 2 N–H and O–H groups in total. The molecule has 0 spiro atoms. The van der Waals surface area contributed by atoms with Gasteiger partial charge in [0, 0.05) is 19.3 Å². The lowest BCUT2D eigenvalue weighted by Gasteiger charge is -2.23. The Morgan fingerprint density at radius 1 is 1.50 bits per heavy atom. The van der Waals surface area contributed by atoms with Gasteiger partial charge in [0.2, 0.25) is 11.1 Å². The summed E-state index contributed by atoms with van der Waals surface area (Å²) in [7, 11) is 0. The van der Waals surface area contributed by atoms with Crippen molar-refractivity contribution in [2.24, 2.45) is 0 Å². The van der Waals surface area contributed by atoms with Crippen molar-refractivity contribution in [1.82, 2.24) is 9.97 Å². The summed E-state index contributed by atoms with van der Waals surface area (Å²) in [6.07, 6.45) is 1.51. The summed E-state index contributed by atoms with van der Waals surface area (Å²) >= 11 is 5.54. The average Bonchev–Trinajstić information content (AvgIpc) is 2.27. The van der Waals surface area contributed by atoms with Gasteiger partial charge in [0.15, 0.2) is 5.82 Å². The molecule has 0 bridgehead atoms. The molecule has 1 fully saturated rings. The number of nitrogens with one attached hydrogen (secondary N) is 2. The van der Waals surface area contributed by atoms with E-state index in [-0.39, 0.29) is 17.1 Å². The van der Waals surface area contributed by atoms with Crippen LogP contribution in [0.4, 0.5) is 10.2 Å². The van der Waals surface area contributed by atoms with E-state index in [2.05, 4.69) is 15.3 Å². The van der Waals surface area contributed by atoms with Crippen LogP contribution in [0.5, 0.6) is 0 Å². The second-order valence-electron chi connectivity index (χ2n) is 3.55. The molecule has 0 atom stereocenters. The van der Waals surface area contributed by atoms with Crippen LogP contribution >= 0.6 is 11.6 Å². The number of aromatic amines is 1. The van der Waals surface area contributed by atoms with Crippen LogP contribution in [-0.2, 0) is 4.74 Å². The van der Waals surface area contributed by atoms with Crippen LogP contribution in [0.2, 0.25) is 5.28 Å². The van der Waals surface area contributed by atoms with Crippen molar-refractivity contribution in [2.45, 2.75) is 18.9 Å². The molecule has 16 heavy (non-hydrogen) atoms. The highest BCUT2D eigenvalue weighted by Gasteiger charge is 2.17. The highest BCUT2D eigenvalue weighted by atomic mass is 35.5. The van der Waals surface area contributed by atoms with Crippen LogP contribution in [0, 0.1) is 5.82 Å². The van der Waals surface area contributed by atoms with E-state index < -0.39 is 11.4 Å². The average molecular weight is 248 g/mol. The van der Waals surface area contributed by atoms with Crippen molar-refractivity contribution in [2.75, 3.05) is 18.5 Å². The molecular weight excluding hydrogens is 237 g/mol. The lowest BCUT2D eigenvalue weighted by Crippen LogP contribution is -2.30. The first-order valence-electron chi connectivity index (χ1n) is 4.96. The molecule has 0 aromatic carbocycles. The molecule has 1 aliphatic heterocycles. The maximum Gasteiger partial charge on any atom is 0.290 e. The normalized spacial score (nSPS) is 17.4. The zero-order valence-electron chi connectivity index (χ0n) is 8.43. The fourth-order valence-electron chi connectivity index (χ4n) is 1.56. The van der Waals surface area contributed by atoms with E-state index in [1.54, 1.807) is 0 Å². The van der Waals surface area contributed by atoms with Crippen LogP contribution in [0.25, 0.3) is 0 Å². The lowest BCUT2D eigenvalue weighted by molar-refractivity contribution is 0.0903. The first kappa shape index (κ1) is 11.3. The van der Waals surface area contributed by atoms with Gasteiger partial charge in [-0.25, -0.2) is 0 Å². The van der Waals surface area contributed by atoms with Gasteiger partial charge in [-0.3, -0.25) is 9.78 Å². The highest BCUT2D eigenvalue weighted by Crippen LogP contribution is 2.15. The summed E-state index contributed by atoms with van der Waals surface area (Å²) in [6, 6.07) is 0.0635. The number of rotatable bonds is 2. The number of ether oxygens (including phenoxy) is 1. The molecule has 0 amide bonds. The summed E-state index contributed by atoms with van der Waals surface area (Å²) in [5.74, 6) is -1.03. The molecule has 0 unspecified atom stereocenters. The first-order valence-corrected chi connectivity index (χ1v) is 5.34. The van der Waals surface area contributed by atoms with Gasteiger partial charge in [0.1, 0.15) is 0 Å². The van der Waals surface area contributed by atoms with Gasteiger partial charge in [-0.15, -0.1) is 0 Å². The van der Waals surface area contributed by atoms with Gasteiger partial charge >= 0.3 is 0 Å². The van der Waals surface area contributed by atoms with Gasteiger partial charge in [-0.1, -0.05) is 0 Å². The quantitative estimate of drug-likeness (QED) is 0.770. The smallest absolute Gasteiger partial charge is 0.290 e. The topological polar surface area (TPSA) is 67.0 Å². The minimum absolute atomic E-state index is 0.0635. The number of aromatic nitrogens is 2. The molecule has 1 aromatic rings. The zero-order chi connectivity index (χ0) is 11.5. The first-order chi connectivity index (χ1) is 7.66. The molecule has 2 rings (SSSR count). The standard InChI is InChI=1S/C9H11ClFN3O2/c10-9-13-7(6(11)8(15)14-9)12-5-1-3-16-4-2-5/h5H,1-4H2,(H2,12,13,14,15). The fraction of sp³-hybridized carbons (Fsp3) is 0.556. The summed E-state index contributed by atoms with van der Waals surface area (Å²) in [5.41, 5.74) is -0.866. The number of halogens is 2. The predicted molar refractivity (Wildman–Crippen MR) is 57.3 cm³/mol. The number of hydrogen-bond donors (Lipinski definition) is 2. The fourth-order valence-corrected chi connectivity index (χ4v) is 1.73. The second-order valence-corrected chi connectivity index (χ2v) is 3.91. The Morgan fingerprint density at radius 3 is 2.88 bits per heavy atom. The molecular formula is C9H11ClFN3O2. The van der Waals surface area contributed by atoms with Crippen LogP contribution in [0.3, 0.4) is 0 Å². The molecule has 0 saturated carbocycles. The van der Waals surface area contributed by atoms with Gasteiger partial charge in [0.25, 0.3) is 5.56 Å². The van der Waals surface area contributed by atoms with Crippen molar-refractivity contribution in [3.63, 3.8) is 0 Å². The molecule has 5 nitrogen and oxygen atoms in total. The Hall–Kier alpha value is -1.14. The number of nitrogens with zero attached hydrogens (tertiary/aromatic N) is 1. The molecule has 1 aromatic heterocycles. The van der Waals surface area contributed by atoms with E-state index >= 15 is 0 Å². The Kier molecular flexibility index (Phi) is 3.40. The Balaban J connectivity index is 2.16. The predicted octanol–water partition coefficient (Wildman–Crippen LogP) is 1.15. The number of hydrogen-bond acceptors (Lipinski definition) is 4. The summed E-state index contributed by atoms with van der Waals surface area (Å²) in [4.78, 5) is 16.9. The molecule has 88 valence electrons. The van der Waals surface area contributed by atoms with Crippen molar-refractivity contribution >= 4 is 17.4 Å². The highest BCUT2D eigenvalue weighted by molar-refractivity contribution is 6.28. The van der Waals surface area contributed by atoms with Crippen LogP contribution in [0.15, 0.2) is 4.79 Å². The van der Waals surface area contributed by atoms with Crippen molar-refractivity contribution in [1.29, 1.82) is 0 Å². The Bertz CT molecular complexity index is 431. The largest absolute Gasteiger partial charge is 0.381 e. The SMILES string of the molecule is O=c1[nH]c(Cl)nc(NC2CCOCC2)c1F. The second kappa shape index (κ2) is 4.80. The van der Waals surface area contributed by atoms with Gasteiger partial charge in [-0.05, 0) is 24.4 Å². The van der Waals surface area contributed by atoms with E-state index in [0.29, 0.717) is 13.2 Å². The third-order valence-electron chi connectivity index (χ3n) is 2.40. The Labute approximate surface area is 96.0 Å². The van der Waals surface area contributed by atoms with E-state index in [4.69, 9.17) is 16.3 Å². The summed E-state index contributed by atoms with van der Waals surface area (Å²) in [5, 5.41) is 2.74. The molecule has 0 radical (unpaired) electrons. The number of anilines is 1. The van der Waals surface area contributed by atoms with E-state index in [1.165, 1.54) is 0 Å². The Morgan fingerprint density at radius 2 is 2.19 bits per heavy atom. The minimum Gasteiger partial charge on any atom is -0.381 e. The summed E-state index contributed by atoms with van der Waals surface area (Å²) in [6.45, 7) is 1.24. The van der Waals surface area contributed by atoms with E-state index in [9.17, 15) is 9.18 Å². The third kappa shape index (κ3) is 2.51. The van der Waals surface area contributed by atoms with Crippen LogP contribution < -0.4 is 10.9 Å². The van der Waals surface area contributed by atoms with Crippen LogP contribution in [-0.4, -0.2) is 29.2 Å². The maximum atomic E-state index is 13.4. The molecule has 7 heteroatoms. The van der Waals surface area contributed by atoms with Crippen molar-refractivity contribution in [3.8, 4) is 0 Å². The minimum atomic E-state index is -0.934.